The number of rotatable bonds is 6. The second-order valence-corrected chi connectivity index (χ2v) is 12.2. The van der Waals surface area contributed by atoms with Crippen molar-refractivity contribution < 1.29 is 19.1 Å². The van der Waals surface area contributed by atoms with E-state index in [-0.39, 0.29) is 40.8 Å². The summed E-state index contributed by atoms with van der Waals surface area (Å²) in [5.74, 6) is 1.03. The van der Waals surface area contributed by atoms with Crippen LogP contribution in [0.5, 0.6) is 0 Å². The molecule has 2 fully saturated rings. The van der Waals surface area contributed by atoms with Crippen LogP contribution in [0.25, 0.3) is 0 Å². The van der Waals surface area contributed by atoms with Gasteiger partial charge in [0.2, 0.25) is 0 Å². The van der Waals surface area contributed by atoms with Gasteiger partial charge in [-0.15, -0.1) is 12.4 Å². The lowest BCUT2D eigenvalue weighted by atomic mass is 9.47. The van der Waals surface area contributed by atoms with Gasteiger partial charge >= 0.3 is 5.97 Å². The van der Waals surface area contributed by atoms with Gasteiger partial charge in [-0.25, -0.2) is 10.4 Å². The molecule has 0 unspecified atom stereocenters. The van der Waals surface area contributed by atoms with Gasteiger partial charge in [0.15, 0.2) is 17.2 Å². The number of Topliss-reactive ketones (excluding diaryl/α,β-unsaturated/α-hetero) is 1. The first kappa shape index (κ1) is 32.1. The summed E-state index contributed by atoms with van der Waals surface area (Å²) in [6.07, 6.45) is 10.2. The summed E-state index contributed by atoms with van der Waals surface area (Å²) >= 11 is 0. The summed E-state index contributed by atoms with van der Waals surface area (Å²) in [6, 6.07) is 2.00. The second kappa shape index (κ2) is 12.4. The van der Waals surface area contributed by atoms with Crippen LogP contribution in [0, 0.1) is 34.0 Å². The fraction of sp³-hybridized carbons (Fsp3) is 0.733. The third kappa shape index (κ3) is 5.76. The zero-order valence-corrected chi connectivity index (χ0v) is 25.0. The lowest BCUT2D eigenvalue weighted by Gasteiger charge is -2.58. The Hall–Kier alpha value is -2.08. The van der Waals surface area contributed by atoms with Crippen LogP contribution in [-0.4, -0.2) is 61.2 Å². The van der Waals surface area contributed by atoms with Crippen LogP contribution in [-0.2, 0) is 19.1 Å². The van der Waals surface area contributed by atoms with Gasteiger partial charge < -0.3 is 9.64 Å². The Morgan fingerprint density at radius 2 is 1.82 bits per heavy atom. The van der Waals surface area contributed by atoms with E-state index >= 15 is 0 Å². The Balaban J connectivity index is 0.000000439. The maximum Gasteiger partial charge on any atom is 0.303 e. The third-order valence-corrected chi connectivity index (χ3v) is 9.79. The molecule has 6 atom stereocenters. The smallest absolute Gasteiger partial charge is 0.303 e. The van der Waals surface area contributed by atoms with E-state index in [0.717, 1.165) is 45.2 Å². The molecule has 0 saturated heterocycles. The van der Waals surface area contributed by atoms with Crippen molar-refractivity contribution in [3.63, 3.8) is 0 Å². The van der Waals surface area contributed by atoms with E-state index in [0.29, 0.717) is 30.6 Å². The summed E-state index contributed by atoms with van der Waals surface area (Å²) in [7, 11) is 4.04. The number of nitrogens with zero attached hydrogens (tertiary/aromatic N) is 2. The molecule has 0 radical (unpaired) electrons. The van der Waals surface area contributed by atoms with Gasteiger partial charge in [0, 0.05) is 18.8 Å². The number of aliphatic imine (C=N–C) groups is 1. The van der Waals surface area contributed by atoms with Gasteiger partial charge in [0.05, 0.1) is 12.6 Å². The molecular formula is C30H46ClN3O4. The van der Waals surface area contributed by atoms with Gasteiger partial charge in [-0.3, -0.25) is 14.4 Å². The van der Waals surface area contributed by atoms with Gasteiger partial charge in [0.1, 0.15) is 0 Å². The molecule has 7 nitrogen and oxygen atoms in total. The van der Waals surface area contributed by atoms with Crippen LogP contribution in [0.2, 0.25) is 0 Å². The molecule has 4 aliphatic rings. The summed E-state index contributed by atoms with van der Waals surface area (Å²) in [5.41, 5.74) is 1.15. The van der Waals surface area contributed by atoms with E-state index in [1.807, 2.05) is 26.2 Å². The topological polar surface area (TPSA) is 99.9 Å². The van der Waals surface area contributed by atoms with Crippen LogP contribution in [0.4, 0.5) is 0 Å². The SMILES string of the molecule is CC(=O)O[C@]1(C(C)=O)CC[C@H]2[C@@H]3C=C(C)C4=CC(=O)CC[C@]4(C)[C@H]3CC[C@@]21C.CN(C)CCCN=C=N.Cl. The van der Waals surface area contributed by atoms with E-state index in [9.17, 15) is 14.4 Å². The lowest BCUT2D eigenvalue weighted by Crippen LogP contribution is -2.58. The zero-order valence-electron chi connectivity index (χ0n) is 24.2. The van der Waals surface area contributed by atoms with Crippen molar-refractivity contribution in [1.29, 1.82) is 5.41 Å². The molecule has 0 bridgehead atoms. The minimum absolute atomic E-state index is 0. The highest BCUT2D eigenvalue weighted by atomic mass is 35.5. The van der Waals surface area contributed by atoms with Crippen molar-refractivity contribution in [3.8, 4) is 0 Å². The Kier molecular flexibility index (Phi) is 10.5. The van der Waals surface area contributed by atoms with Crippen molar-refractivity contribution in [2.75, 3.05) is 27.2 Å². The number of ketones is 2. The molecule has 0 aromatic rings. The predicted molar refractivity (Wildman–Crippen MR) is 152 cm³/mol. The average Bonchev–Trinajstić information content (AvgIpc) is 3.11. The summed E-state index contributed by atoms with van der Waals surface area (Å²) in [4.78, 5) is 42.5. The van der Waals surface area contributed by atoms with Crippen LogP contribution < -0.4 is 0 Å². The maximum atomic E-state index is 12.8. The lowest BCUT2D eigenvalue weighted by molar-refractivity contribution is -0.185. The number of ether oxygens (including phenoxy) is 1. The van der Waals surface area contributed by atoms with Crippen molar-refractivity contribution in [1.82, 2.24) is 4.90 Å². The van der Waals surface area contributed by atoms with Crippen molar-refractivity contribution >= 4 is 36.0 Å². The molecule has 0 aromatic heterocycles. The van der Waals surface area contributed by atoms with Gasteiger partial charge in [-0.2, -0.15) is 0 Å². The monoisotopic (exact) mass is 547 g/mol. The number of allylic oxidation sites excluding steroid dienone is 4. The molecule has 0 heterocycles. The molecule has 0 spiro atoms. The van der Waals surface area contributed by atoms with Gasteiger partial charge in [-0.05, 0) is 108 Å². The minimum atomic E-state index is -0.990. The third-order valence-electron chi connectivity index (χ3n) is 9.79. The molecule has 4 aliphatic carbocycles. The number of fused-ring (bicyclic) bond motifs is 5. The Morgan fingerprint density at radius 1 is 1.16 bits per heavy atom. The number of carbonyl (C=O) groups is 3. The van der Waals surface area contributed by atoms with Crippen molar-refractivity contribution in [3.05, 3.63) is 23.3 Å². The molecule has 2 saturated carbocycles. The highest BCUT2D eigenvalue weighted by Crippen LogP contribution is 2.67. The van der Waals surface area contributed by atoms with Crippen LogP contribution in [0.3, 0.4) is 0 Å². The molecule has 0 aromatic carbocycles. The normalized spacial score (nSPS) is 35.1. The number of nitrogens with one attached hydrogen (secondary N) is 1. The summed E-state index contributed by atoms with van der Waals surface area (Å²) in [6.45, 7) is 11.4. The molecule has 0 aliphatic heterocycles. The largest absolute Gasteiger partial charge is 0.451 e. The first-order valence-corrected chi connectivity index (χ1v) is 13.7. The van der Waals surface area contributed by atoms with Crippen LogP contribution in [0.15, 0.2) is 28.3 Å². The van der Waals surface area contributed by atoms with E-state index in [1.54, 1.807) is 6.92 Å². The molecule has 38 heavy (non-hydrogen) atoms. The number of carbonyl (C=O) groups excluding carboxylic acids is 3. The Bertz CT molecular complexity index is 1050. The molecule has 4 rings (SSSR count). The molecule has 0 amide bonds. The Morgan fingerprint density at radius 3 is 2.39 bits per heavy atom. The van der Waals surface area contributed by atoms with E-state index < -0.39 is 5.60 Å². The summed E-state index contributed by atoms with van der Waals surface area (Å²) < 4.78 is 5.82. The number of halogens is 1. The molecule has 212 valence electrons. The second-order valence-electron chi connectivity index (χ2n) is 12.2. The molecular weight excluding hydrogens is 502 g/mol. The molecule has 8 heteroatoms. The van der Waals surface area contributed by atoms with E-state index in [4.69, 9.17) is 10.1 Å². The summed E-state index contributed by atoms with van der Waals surface area (Å²) in [5, 5.41) is 6.46. The maximum absolute atomic E-state index is 12.8. The fourth-order valence-electron chi connectivity index (χ4n) is 8.00. The number of hydrogen-bond donors (Lipinski definition) is 1. The van der Waals surface area contributed by atoms with Gasteiger partial charge in [-0.1, -0.05) is 25.5 Å². The standard InChI is InChI=1S/C24H32O4.C6H13N3.ClH/c1-14-12-18-19(22(4)9-6-17(27)13-21(14)22)7-10-23(5)20(18)8-11-24(23,15(2)25)28-16(3)26;1-9(2)5-3-4-8-6-7;/h12-13,18-20H,6-11H2,1-5H3;7H,3-5H2,1-2H3;1H/t18-,19+,20+,22-,23+,24+;;/m1../s1. The van der Waals surface area contributed by atoms with Crippen molar-refractivity contribution in [2.24, 2.45) is 33.6 Å². The first-order chi connectivity index (χ1) is 17.3. The zero-order chi connectivity index (χ0) is 27.6. The highest BCUT2D eigenvalue weighted by Gasteiger charge is 2.67. The average molecular weight is 548 g/mol. The van der Waals surface area contributed by atoms with E-state index in [2.05, 4.69) is 36.7 Å². The predicted octanol–water partition coefficient (Wildman–Crippen LogP) is 5.69. The molecule has 1 N–H and O–H groups in total. The van der Waals surface area contributed by atoms with E-state index in [1.165, 1.54) is 18.1 Å². The highest BCUT2D eigenvalue weighted by molar-refractivity contribution is 5.92. The van der Waals surface area contributed by atoms with Crippen LogP contribution in [0.1, 0.15) is 79.6 Å². The minimum Gasteiger partial charge on any atom is -0.451 e. The quantitative estimate of drug-likeness (QED) is 0.261. The fourth-order valence-corrected chi connectivity index (χ4v) is 8.00. The van der Waals surface area contributed by atoms with Crippen molar-refractivity contribution in [2.45, 2.75) is 85.2 Å². The Labute approximate surface area is 234 Å². The van der Waals surface area contributed by atoms with Gasteiger partial charge in [0.25, 0.3) is 0 Å². The first-order valence-electron chi connectivity index (χ1n) is 13.7. The number of hydrogen-bond acceptors (Lipinski definition) is 7. The van der Waals surface area contributed by atoms with Crippen LogP contribution >= 0.6 is 12.4 Å². The number of esters is 1.